The zero-order chi connectivity index (χ0) is 22.2. The highest BCUT2D eigenvalue weighted by molar-refractivity contribution is 6.12. The van der Waals surface area contributed by atoms with Crippen molar-refractivity contribution in [3.05, 3.63) is 114 Å². The van der Waals surface area contributed by atoms with Crippen molar-refractivity contribution in [3.63, 3.8) is 0 Å². The summed E-state index contributed by atoms with van der Waals surface area (Å²) in [7, 11) is 2.06. The van der Waals surface area contributed by atoms with Crippen molar-refractivity contribution in [1.29, 1.82) is 0 Å². The van der Waals surface area contributed by atoms with Gasteiger partial charge in [-0.3, -0.25) is 0 Å². The Morgan fingerprint density at radius 2 is 1.90 bits per heavy atom. The monoisotopic (exact) mass is 405 g/mol. The normalized spacial score (nSPS) is 12.8. The van der Waals surface area contributed by atoms with E-state index in [1.165, 1.54) is 27.3 Å². The van der Waals surface area contributed by atoms with Crippen molar-refractivity contribution in [2.45, 2.75) is 33.6 Å². The van der Waals surface area contributed by atoms with Crippen molar-refractivity contribution in [1.82, 2.24) is 0 Å². The van der Waals surface area contributed by atoms with Gasteiger partial charge in [-0.2, -0.15) is 0 Å². The number of nitrogens with zero attached hydrogens (tertiary/aromatic N) is 1. The maximum absolute atomic E-state index is 4.33. The van der Waals surface area contributed by atoms with Gasteiger partial charge in [-0.15, -0.1) is 0 Å². The molecule has 0 aromatic heterocycles. The van der Waals surface area contributed by atoms with E-state index in [4.69, 9.17) is 0 Å². The Labute approximate surface area is 187 Å². The highest BCUT2D eigenvalue weighted by atomic mass is 15.1. The summed E-state index contributed by atoms with van der Waals surface area (Å²) in [5.74, 6) is 0. The fourth-order valence-corrected chi connectivity index (χ4v) is 3.70. The Bertz CT molecular complexity index is 1190. The van der Waals surface area contributed by atoms with Crippen LogP contribution in [0.2, 0.25) is 0 Å². The number of hydrogen-bond donors (Lipinski definition) is 0. The molecule has 3 aromatic rings. The summed E-state index contributed by atoms with van der Waals surface area (Å²) in [5, 5.41) is 4.68. The number of hydrogen-bond acceptors (Lipinski definition) is 1. The predicted molar refractivity (Wildman–Crippen MR) is 137 cm³/mol. The summed E-state index contributed by atoms with van der Waals surface area (Å²) in [6, 6.07) is 21.2. The lowest BCUT2D eigenvalue weighted by Gasteiger charge is -2.22. The van der Waals surface area contributed by atoms with Crippen LogP contribution in [-0.2, 0) is 0 Å². The van der Waals surface area contributed by atoms with Gasteiger partial charge < -0.3 is 4.90 Å². The number of benzene rings is 2. The molecule has 0 aliphatic heterocycles. The van der Waals surface area contributed by atoms with Crippen molar-refractivity contribution < 1.29 is 0 Å². The molecule has 0 spiro atoms. The second-order valence-electron chi connectivity index (χ2n) is 7.64. The molecule has 0 aliphatic carbocycles. The van der Waals surface area contributed by atoms with Gasteiger partial charge >= 0.3 is 0 Å². The summed E-state index contributed by atoms with van der Waals surface area (Å²) < 4.78 is 0. The van der Waals surface area contributed by atoms with E-state index in [1.807, 2.05) is 6.07 Å². The van der Waals surface area contributed by atoms with Gasteiger partial charge in [-0.25, -0.2) is 0 Å². The molecule has 0 unspecified atom stereocenters. The molecule has 0 aliphatic rings. The molecule has 0 amide bonds. The first-order valence-electron chi connectivity index (χ1n) is 10.9. The van der Waals surface area contributed by atoms with E-state index in [2.05, 4.69) is 124 Å². The van der Waals surface area contributed by atoms with Crippen LogP contribution in [0.3, 0.4) is 0 Å². The zero-order valence-corrected chi connectivity index (χ0v) is 19.1. The van der Waals surface area contributed by atoms with E-state index < -0.39 is 0 Å². The average Bonchev–Trinajstić information content (AvgIpc) is 2.81. The molecule has 0 radical (unpaired) electrons. The van der Waals surface area contributed by atoms with Crippen molar-refractivity contribution in [3.8, 4) is 0 Å². The van der Waals surface area contributed by atoms with Gasteiger partial charge in [0.05, 0.1) is 11.1 Å². The van der Waals surface area contributed by atoms with Crippen LogP contribution in [0.15, 0.2) is 102 Å². The molecule has 1 heteroatoms. The van der Waals surface area contributed by atoms with Crippen LogP contribution in [0.1, 0.15) is 33.6 Å². The van der Waals surface area contributed by atoms with Crippen LogP contribution in [-0.4, -0.2) is 7.05 Å². The van der Waals surface area contributed by atoms with Gasteiger partial charge in [-0.1, -0.05) is 80.3 Å². The first-order chi connectivity index (χ1) is 15.1. The van der Waals surface area contributed by atoms with Crippen molar-refractivity contribution in [2.24, 2.45) is 0 Å². The quantitative estimate of drug-likeness (QED) is 0.269. The lowest BCUT2D eigenvalue weighted by atomic mass is 10.0. The van der Waals surface area contributed by atoms with E-state index in [0.717, 1.165) is 29.6 Å². The lowest BCUT2D eigenvalue weighted by Crippen LogP contribution is -2.14. The van der Waals surface area contributed by atoms with E-state index in [-0.39, 0.29) is 0 Å². The molecular weight excluding hydrogens is 374 g/mol. The van der Waals surface area contributed by atoms with Crippen LogP contribution in [0.25, 0.3) is 21.5 Å². The predicted octanol–water partition coefficient (Wildman–Crippen LogP) is 8.35. The molecule has 156 valence electrons. The standard InChI is InChI=1S/C30H31N/c1-6-8-9-10-15-23(3)25(7-2)21-20-24(4)31(5)30-22-26-16-11-12-17-27(26)28-18-13-14-19-29(28)30/h7-9,11-13,15-18,20-22H,4,6,10H2,1-3,5H3/b9-8?,21-20-,23-15+,25-7+. The Balaban J connectivity index is 1.89. The molecule has 0 bridgehead atoms. The molecule has 0 saturated carbocycles. The smallest absolute Gasteiger partial charge is 0.0579 e. The molecule has 0 N–H and O–H groups in total. The average molecular weight is 406 g/mol. The third-order valence-corrected chi connectivity index (χ3v) is 5.58. The second-order valence-corrected chi connectivity index (χ2v) is 7.64. The Morgan fingerprint density at radius 3 is 2.68 bits per heavy atom. The van der Waals surface area contributed by atoms with Crippen LogP contribution in [0.4, 0.5) is 5.69 Å². The van der Waals surface area contributed by atoms with E-state index in [0.29, 0.717) is 0 Å². The second kappa shape index (κ2) is 10.5. The summed E-state index contributed by atoms with van der Waals surface area (Å²) in [5.41, 5.74) is 4.49. The third-order valence-electron chi connectivity index (χ3n) is 5.58. The largest absolute Gasteiger partial charge is 0.344 e. The summed E-state index contributed by atoms with van der Waals surface area (Å²) in [6.45, 7) is 10.7. The number of allylic oxidation sites excluding steroid dienone is 8. The van der Waals surface area contributed by atoms with Gasteiger partial charge in [0, 0.05) is 18.1 Å². The van der Waals surface area contributed by atoms with Crippen LogP contribution in [0.5, 0.6) is 0 Å². The van der Waals surface area contributed by atoms with Gasteiger partial charge in [-0.05, 0) is 72.9 Å². The van der Waals surface area contributed by atoms with Crippen molar-refractivity contribution >= 4 is 27.2 Å². The molecule has 0 fully saturated rings. The van der Waals surface area contributed by atoms with Gasteiger partial charge in [0.25, 0.3) is 0 Å². The fraction of sp³-hybridized carbons (Fsp3) is 0.200. The molecule has 31 heavy (non-hydrogen) atoms. The highest BCUT2D eigenvalue weighted by Crippen LogP contribution is 2.33. The topological polar surface area (TPSA) is 3.24 Å². The van der Waals surface area contributed by atoms with E-state index in [9.17, 15) is 0 Å². The third kappa shape index (κ3) is 5.16. The SMILES string of the molecule is C=C(\C=C/C(=C\C)C(/C)=C/CC=CCC)N(C)c1cc2ccccc2c2ccc#cc12. The number of fused-ring (bicyclic) bond motifs is 3. The lowest BCUT2D eigenvalue weighted by molar-refractivity contribution is 1.16. The molecule has 1 nitrogen and oxygen atoms in total. The van der Waals surface area contributed by atoms with Crippen molar-refractivity contribution in [2.75, 3.05) is 11.9 Å². The van der Waals surface area contributed by atoms with Gasteiger partial charge in [0.2, 0.25) is 0 Å². The maximum atomic E-state index is 4.33. The highest BCUT2D eigenvalue weighted by Gasteiger charge is 2.11. The van der Waals surface area contributed by atoms with Gasteiger partial charge in [0.15, 0.2) is 0 Å². The fourth-order valence-electron chi connectivity index (χ4n) is 3.70. The van der Waals surface area contributed by atoms with Crippen LogP contribution >= 0.6 is 0 Å². The molecule has 0 atom stereocenters. The summed E-state index contributed by atoms with van der Waals surface area (Å²) in [6.07, 6.45) is 15.1. The minimum Gasteiger partial charge on any atom is -0.344 e. The molecule has 3 rings (SSSR count). The van der Waals surface area contributed by atoms with Gasteiger partial charge in [0.1, 0.15) is 0 Å². The molecular formula is C30H31N. The molecule has 3 aromatic carbocycles. The molecule has 0 saturated heterocycles. The first-order valence-corrected chi connectivity index (χ1v) is 10.9. The maximum Gasteiger partial charge on any atom is 0.0579 e. The minimum atomic E-state index is 0.923. The van der Waals surface area contributed by atoms with Crippen LogP contribution < -0.4 is 4.90 Å². The number of anilines is 1. The van der Waals surface area contributed by atoms with E-state index in [1.54, 1.807) is 0 Å². The Hall–Kier alpha value is -3.50. The minimum absolute atomic E-state index is 0.923. The first kappa shape index (κ1) is 22.2. The Kier molecular flexibility index (Phi) is 7.52. The van der Waals surface area contributed by atoms with Crippen LogP contribution in [0, 0.1) is 12.1 Å². The van der Waals surface area contributed by atoms with E-state index >= 15 is 0 Å². The number of rotatable bonds is 8. The molecule has 0 heterocycles. The Morgan fingerprint density at radius 1 is 1.10 bits per heavy atom. The number of likely N-dealkylation sites (N-methyl/N-ethyl adjacent to an activating group) is 1. The zero-order valence-electron chi connectivity index (χ0n) is 19.1. The summed E-state index contributed by atoms with van der Waals surface area (Å²) >= 11 is 0. The summed E-state index contributed by atoms with van der Waals surface area (Å²) in [4.78, 5) is 2.13.